The van der Waals surface area contributed by atoms with Gasteiger partial charge in [0.25, 0.3) is 0 Å². The molecule has 1 amide bonds. The second-order valence-corrected chi connectivity index (χ2v) is 5.67. The van der Waals surface area contributed by atoms with Crippen LogP contribution in [-0.2, 0) is 11.2 Å². The zero-order valence-electron chi connectivity index (χ0n) is 11.8. The van der Waals surface area contributed by atoms with Crippen LogP contribution in [0.15, 0.2) is 0 Å². The van der Waals surface area contributed by atoms with Crippen LogP contribution < -0.4 is 0 Å². The zero-order valence-corrected chi connectivity index (χ0v) is 11.8. The molecule has 1 saturated heterocycles. The van der Waals surface area contributed by atoms with Crippen molar-refractivity contribution in [2.24, 2.45) is 11.8 Å². The van der Waals surface area contributed by atoms with E-state index < -0.39 is 0 Å². The van der Waals surface area contributed by atoms with Crippen LogP contribution >= 0.6 is 0 Å². The summed E-state index contributed by atoms with van der Waals surface area (Å²) < 4.78 is 0. The number of hydrogen-bond acceptors (Lipinski definition) is 2. The fourth-order valence-electron chi connectivity index (χ4n) is 2.59. The lowest BCUT2D eigenvalue weighted by atomic mass is 9.88. The van der Waals surface area contributed by atoms with Crippen molar-refractivity contribution in [2.75, 3.05) is 13.1 Å². The third-order valence-electron chi connectivity index (χ3n) is 4.30. The van der Waals surface area contributed by atoms with E-state index in [0.29, 0.717) is 12.3 Å². The van der Waals surface area contributed by atoms with Gasteiger partial charge in [-0.25, -0.2) is 0 Å². The molecule has 2 rings (SSSR count). The highest BCUT2D eigenvalue weighted by Crippen LogP contribution is 2.23. The molecule has 1 aromatic rings. The van der Waals surface area contributed by atoms with Gasteiger partial charge < -0.3 is 4.90 Å². The van der Waals surface area contributed by atoms with Crippen molar-refractivity contribution >= 4 is 5.91 Å². The van der Waals surface area contributed by atoms with Gasteiger partial charge in [-0.05, 0) is 32.1 Å². The molecule has 0 aromatic carbocycles. The molecular weight excluding hydrogens is 226 g/mol. The molecule has 0 saturated carbocycles. The minimum Gasteiger partial charge on any atom is -0.342 e. The molecule has 0 radical (unpaired) electrons. The zero-order chi connectivity index (χ0) is 13.3. The number of amides is 1. The van der Waals surface area contributed by atoms with Crippen LogP contribution in [0.25, 0.3) is 0 Å². The third kappa shape index (κ3) is 2.57. The first-order valence-electron chi connectivity index (χ1n) is 6.77. The largest absolute Gasteiger partial charge is 0.342 e. The van der Waals surface area contributed by atoms with E-state index in [4.69, 9.17) is 0 Å². The SMILES string of the molecule is Cc1n[nH]c(C)c1CC(=O)N1CCC(C)C(C)C1. The van der Waals surface area contributed by atoms with Crippen molar-refractivity contribution in [2.45, 2.75) is 40.5 Å². The number of aryl methyl sites for hydroxylation is 2. The minimum absolute atomic E-state index is 0.237. The molecular formula is C14H23N3O. The lowest BCUT2D eigenvalue weighted by molar-refractivity contribution is -0.132. The Hall–Kier alpha value is -1.32. The Labute approximate surface area is 109 Å². The van der Waals surface area contributed by atoms with Gasteiger partial charge in [0.15, 0.2) is 0 Å². The molecule has 2 unspecified atom stereocenters. The Balaban J connectivity index is 2.01. The number of likely N-dealkylation sites (tertiary alicyclic amines) is 1. The molecule has 0 aliphatic carbocycles. The van der Waals surface area contributed by atoms with E-state index in [-0.39, 0.29) is 5.91 Å². The summed E-state index contributed by atoms with van der Waals surface area (Å²) in [6.07, 6.45) is 1.60. The molecule has 0 bridgehead atoms. The summed E-state index contributed by atoms with van der Waals surface area (Å²) in [7, 11) is 0. The van der Waals surface area contributed by atoms with Gasteiger partial charge in [-0.3, -0.25) is 9.89 Å². The summed E-state index contributed by atoms with van der Waals surface area (Å²) in [4.78, 5) is 14.3. The van der Waals surface area contributed by atoms with Crippen LogP contribution in [0.5, 0.6) is 0 Å². The van der Waals surface area contributed by atoms with Crippen LogP contribution in [0.1, 0.15) is 37.2 Å². The van der Waals surface area contributed by atoms with Crippen LogP contribution in [0, 0.1) is 25.7 Å². The molecule has 18 heavy (non-hydrogen) atoms. The number of carbonyl (C=O) groups excluding carboxylic acids is 1. The minimum atomic E-state index is 0.237. The van der Waals surface area contributed by atoms with Crippen molar-refractivity contribution in [3.63, 3.8) is 0 Å². The number of carbonyl (C=O) groups is 1. The number of nitrogens with zero attached hydrogens (tertiary/aromatic N) is 2. The van der Waals surface area contributed by atoms with Gasteiger partial charge in [0, 0.05) is 24.3 Å². The van der Waals surface area contributed by atoms with Crippen LogP contribution in [0.2, 0.25) is 0 Å². The van der Waals surface area contributed by atoms with Gasteiger partial charge in [-0.15, -0.1) is 0 Å². The number of aromatic nitrogens is 2. The van der Waals surface area contributed by atoms with E-state index in [9.17, 15) is 4.79 Å². The number of hydrogen-bond donors (Lipinski definition) is 1. The standard InChI is InChI=1S/C14H23N3O/c1-9-5-6-17(8-10(9)2)14(18)7-13-11(3)15-16-12(13)4/h9-10H,5-8H2,1-4H3,(H,15,16). The quantitative estimate of drug-likeness (QED) is 0.872. The summed E-state index contributed by atoms with van der Waals surface area (Å²) in [6.45, 7) is 10.2. The molecule has 4 nitrogen and oxygen atoms in total. The highest BCUT2D eigenvalue weighted by Gasteiger charge is 2.26. The van der Waals surface area contributed by atoms with E-state index in [2.05, 4.69) is 24.0 Å². The highest BCUT2D eigenvalue weighted by atomic mass is 16.2. The van der Waals surface area contributed by atoms with Gasteiger partial charge in [0.2, 0.25) is 5.91 Å². The van der Waals surface area contributed by atoms with Gasteiger partial charge in [0.05, 0.1) is 12.1 Å². The second-order valence-electron chi connectivity index (χ2n) is 5.67. The maximum atomic E-state index is 12.3. The van der Waals surface area contributed by atoms with E-state index in [1.807, 2.05) is 18.7 Å². The Morgan fingerprint density at radius 1 is 1.39 bits per heavy atom. The second kappa shape index (κ2) is 5.12. The summed E-state index contributed by atoms with van der Waals surface area (Å²) in [5.41, 5.74) is 3.02. The van der Waals surface area contributed by atoms with E-state index in [0.717, 1.165) is 42.4 Å². The molecule has 100 valence electrons. The topological polar surface area (TPSA) is 49.0 Å². The number of aromatic amines is 1. The molecule has 2 atom stereocenters. The van der Waals surface area contributed by atoms with E-state index in [1.54, 1.807) is 0 Å². The number of rotatable bonds is 2. The average molecular weight is 249 g/mol. The maximum absolute atomic E-state index is 12.3. The first-order valence-corrected chi connectivity index (χ1v) is 6.77. The molecule has 1 N–H and O–H groups in total. The molecule has 4 heteroatoms. The Morgan fingerprint density at radius 2 is 2.11 bits per heavy atom. The van der Waals surface area contributed by atoms with Crippen molar-refractivity contribution in [1.82, 2.24) is 15.1 Å². The van der Waals surface area contributed by atoms with Crippen molar-refractivity contribution < 1.29 is 4.79 Å². The molecule has 1 aromatic heterocycles. The Morgan fingerprint density at radius 3 is 2.67 bits per heavy atom. The normalized spacial score (nSPS) is 24.3. The lowest BCUT2D eigenvalue weighted by Gasteiger charge is -2.35. The van der Waals surface area contributed by atoms with Crippen LogP contribution in [-0.4, -0.2) is 34.1 Å². The molecule has 1 aliphatic rings. The molecule has 1 fully saturated rings. The molecule has 0 spiro atoms. The average Bonchev–Trinajstić information content (AvgIpc) is 2.64. The summed E-state index contributed by atoms with van der Waals surface area (Å²) in [5, 5.41) is 7.09. The van der Waals surface area contributed by atoms with Crippen molar-refractivity contribution in [3.8, 4) is 0 Å². The smallest absolute Gasteiger partial charge is 0.227 e. The summed E-state index contributed by atoms with van der Waals surface area (Å²) in [6, 6.07) is 0. The predicted molar refractivity (Wildman–Crippen MR) is 71.3 cm³/mol. The number of nitrogens with one attached hydrogen (secondary N) is 1. The third-order valence-corrected chi connectivity index (χ3v) is 4.30. The van der Waals surface area contributed by atoms with E-state index >= 15 is 0 Å². The maximum Gasteiger partial charge on any atom is 0.227 e. The number of piperidine rings is 1. The van der Waals surface area contributed by atoms with Crippen molar-refractivity contribution in [1.29, 1.82) is 0 Å². The monoisotopic (exact) mass is 249 g/mol. The Bertz CT molecular complexity index is 419. The fourth-order valence-corrected chi connectivity index (χ4v) is 2.59. The molecule has 1 aliphatic heterocycles. The lowest BCUT2D eigenvalue weighted by Crippen LogP contribution is -2.42. The highest BCUT2D eigenvalue weighted by molar-refractivity contribution is 5.79. The number of H-pyrrole nitrogens is 1. The van der Waals surface area contributed by atoms with Gasteiger partial charge in [-0.1, -0.05) is 13.8 Å². The van der Waals surface area contributed by atoms with Gasteiger partial charge in [-0.2, -0.15) is 5.10 Å². The van der Waals surface area contributed by atoms with Crippen molar-refractivity contribution in [3.05, 3.63) is 17.0 Å². The summed E-state index contributed by atoms with van der Waals surface area (Å²) in [5.74, 6) is 1.57. The van der Waals surface area contributed by atoms with Crippen LogP contribution in [0.4, 0.5) is 0 Å². The Kier molecular flexibility index (Phi) is 3.73. The van der Waals surface area contributed by atoms with Gasteiger partial charge in [0.1, 0.15) is 0 Å². The summed E-state index contributed by atoms with van der Waals surface area (Å²) >= 11 is 0. The fraction of sp³-hybridized carbons (Fsp3) is 0.714. The van der Waals surface area contributed by atoms with Gasteiger partial charge >= 0.3 is 0 Å². The molecule has 2 heterocycles. The first kappa shape index (κ1) is 13.1. The first-order chi connectivity index (χ1) is 8.49. The van der Waals surface area contributed by atoms with E-state index in [1.165, 1.54) is 0 Å². The predicted octanol–water partition coefficient (Wildman–Crippen LogP) is 2.07. The van der Waals surface area contributed by atoms with Crippen LogP contribution in [0.3, 0.4) is 0 Å².